The number of nitriles is 1. The summed E-state index contributed by atoms with van der Waals surface area (Å²) in [7, 11) is -3.62. The first-order valence-corrected chi connectivity index (χ1v) is 8.48. The van der Waals surface area contributed by atoms with Crippen LogP contribution in [0.2, 0.25) is 0 Å². The molecule has 0 amide bonds. The van der Waals surface area contributed by atoms with Crippen molar-refractivity contribution >= 4 is 10.0 Å². The largest absolute Gasteiger partial charge is 0.375 e. The van der Waals surface area contributed by atoms with E-state index in [1.807, 2.05) is 19.9 Å². The zero-order chi connectivity index (χ0) is 15.6. The predicted molar refractivity (Wildman–Crippen MR) is 79.3 cm³/mol. The summed E-state index contributed by atoms with van der Waals surface area (Å²) in [4.78, 5) is 0.217. The van der Waals surface area contributed by atoms with Crippen molar-refractivity contribution in [1.29, 1.82) is 5.26 Å². The van der Waals surface area contributed by atoms with Crippen molar-refractivity contribution < 1.29 is 13.2 Å². The van der Waals surface area contributed by atoms with E-state index in [0.29, 0.717) is 30.7 Å². The molecule has 1 aromatic carbocycles. The summed E-state index contributed by atoms with van der Waals surface area (Å²) in [5.74, 6) is 0. The average molecular weight is 308 g/mol. The highest BCUT2D eigenvalue weighted by Gasteiger charge is 2.36. The van der Waals surface area contributed by atoms with Gasteiger partial charge in [-0.25, -0.2) is 8.42 Å². The second kappa shape index (κ2) is 6.14. The molecule has 0 N–H and O–H groups in total. The van der Waals surface area contributed by atoms with Crippen LogP contribution in [0.5, 0.6) is 0 Å². The topological polar surface area (TPSA) is 70.4 Å². The molecule has 0 spiro atoms. The quantitative estimate of drug-likeness (QED) is 0.857. The van der Waals surface area contributed by atoms with Crippen molar-refractivity contribution in [3.63, 3.8) is 0 Å². The maximum absolute atomic E-state index is 13.0. The molecule has 2 unspecified atom stereocenters. The Kier molecular flexibility index (Phi) is 4.67. The molecular weight excluding hydrogens is 288 g/mol. The number of hydrogen-bond donors (Lipinski definition) is 0. The Balaban J connectivity index is 2.48. The molecule has 1 saturated heterocycles. The second-order valence-corrected chi connectivity index (χ2v) is 7.23. The predicted octanol–water partition coefficient (Wildman–Crippen LogP) is 2.05. The third-order valence-corrected chi connectivity index (χ3v) is 5.85. The Morgan fingerprint density at radius 1 is 1.48 bits per heavy atom. The Labute approximate surface area is 126 Å². The summed E-state index contributed by atoms with van der Waals surface area (Å²) < 4.78 is 33.0. The minimum absolute atomic E-state index is 0.123. The number of morpholine rings is 1. The minimum Gasteiger partial charge on any atom is -0.375 e. The number of aryl methyl sites for hydroxylation is 1. The van der Waals surface area contributed by atoms with Gasteiger partial charge in [0.15, 0.2) is 0 Å². The third kappa shape index (κ3) is 3.10. The van der Waals surface area contributed by atoms with E-state index < -0.39 is 10.0 Å². The summed E-state index contributed by atoms with van der Waals surface area (Å²) >= 11 is 0. The van der Waals surface area contributed by atoms with E-state index in [2.05, 4.69) is 0 Å². The van der Waals surface area contributed by atoms with Gasteiger partial charge in [-0.15, -0.1) is 0 Å². The minimum atomic E-state index is -3.62. The molecule has 0 bridgehead atoms. The average Bonchev–Trinajstić information content (AvgIpc) is 2.47. The molecule has 1 aliphatic rings. The number of nitrogens with zero attached hydrogens (tertiary/aromatic N) is 2. The van der Waals surface area contributed by atoms with E-state index in [1.54, 1.807) is 19.1 Å². The lowest BCUT2D eigenvalue weighted by atomic mass is 10.2. The molecule has 1 aromatic rings. The van der Waals surface area contributed by atoms with Crippen LogP contribution in [-0.2, 0) is 14.8 Å². The van der Waals surface area contributed by atoms with Crippen molar-refractivity contribution in [3.05, 3.63) is 29.3 Å². The monoisotopic (exact) mass is 308 g/mol. The van der Waals surface area contributed by atoms with Crippen molar-refractivity contribution in [2.45, 2.75) is 44.2 Å². The maximum atomic E-state index is 13.0. The summed E-state index contributed by atoms with van der Waals surface area (Å²) in [5, 5.41) is 8.99. The van der Waals surface area contributed by atoms with Gasteiger partial charge in [0.05, 0.1) is 29.2 Å². The number of ether oxygens (including phenoxy) is 1. The van der Waals surface area contributed by atoms with Gasteiger partial charge in [0, 0.05) is 12.6 Å². The van der Waals surface area contributed by atoms with Gasteiger partial charge in [-0.3, -0.25) is 0 Å². The maximum Gasteiger partial charge on any atom is 0.243 e. The fourth-order valence-corrected chi connectivity index (χ4v) is 4.52. The standard InChI is InChI=1S/C15H20N2O3S/c1-4-14-10-20-12(3)9-17(14)21(18,19)15-7-13(8-16)6-5-11(15)2/h5-7,12,14H,4,9-10H2,1-3H3. The molecule has 6 heteroatoms. The van der Waals surface area contributed by atoms with Gasteiger partial charge in [-0.05, 0) is 38.0 Å². The number of hydrogen-bond acceptors (Lipinski definition) is 4. The van der Waals surface area contributed by atoms with Crippen LogP contribution >= 0.6 is 0 Å². The van der Waals surface area contributed by atoms with Gasteiger partial charge in [-0.2, -0.15) is 9.57 Å². The first-order valence-electron chi connectivity index (χ1n) is 7.04. The zero-order valence-electron chi connectivity index (χ0n) is 12.5. The van der Waals surface area contributed by atoms with Crippen molar-refractivity contribution in [1.82, 2.24) is 4.31 Å². The lowest BCUT2D eigenvalue weighted by Gasteiger charge is -2.37. The van der Waals surface area contributed by atoms with Crippen LogP contribution in [0.3, 0.4) is 0 Å². The van der Waals surface area contributed by atoms with Crippen LogP contribution in [0.4, 0.5) is 0 Å². The molecule has 0 saturated carbocycles. The first-order chi connectivity index (χ1) is 9.90. The summed E-state index contributed by atoms with van der Waals surface area (Å²) in [6.45, 7) is 6.32. The molecule has 1 heterocycles. The normalized spacial score (nSPS) is 23.7. The van der Waals surface area contributed by atoms with Crippen LogP contribution in [0.1, 0.15) is 31.4 Å². The molecule has 0 aromatic heterocycles. The van der Waals surface area contributed by atoms with E-state index >= 15 is 0 Å². The van der Waals surface area contributed by atoms with Crippen molar-refractivity contribution in [3.8, 4) is 6.07 Å². The highest BCUT2D eigenvalue weighted by Crippen LogP contribution is 2.26. The highest BCUT2D eigenvalue weighted by atomic mass is 32.2. The molecule has 2 atom stereocenters. The molecule has 114 valence electrons. The Morgan fingerprint density at radius 3 is 2.81 bits per heavy atom. The van der Waals surface area contributed by atoms with E-state index in [4.69, 9.17) is 10.00 Å². The Bertz CT molecular complexity index is 664. The molecular formula is C15H20N2O3S. The van der Waals surface area contributed by atoms with Gasteiger partial charge < -0.3 is 4.74 Å². The zero-order valence-corrected chi connectivity index (χ0v) is 13.4. The molecule has 1 fully saturated rings. The molecule has 2 rings (SSSR count). The Hall–Kier alpha value is -1.42. The van der Waals surface area contributed by atoms with Gasteiger partial charge in [-0.1, -0.05) is 13.0 Å². The first kappa shape index (κ1) is 16.0. The smallest absolute Gasteiger partial charge is 0.243 e. The fourth-order valence-electron chi connectivity index (χ4n) is 2.50. The summed E-state index contributed by atoms with van der Waals surface area (Å²) in [6.07, 6.45) is 0.574. The van der Waals surface area contributed by atoms with E-state index in [9.17, 15) is 8.42 Å². The van der Waals surface area contributed by atoms with Gasteiger partial charge in [0.1, 0.15) is 0 Å². The van der Waals surface area contributed by atoms with Crippen molar-refractivity contribution in [2.75, 3.05) is 13.2 Å². The Morgan fingerprint density at radius 2 is 2.19 bits per heavy atom. The van der Waals surface area contributed by atoms with Crippen molar-refractivity contribution in [2.24, 2.45) is 0 Å². The number of benzene rings is 1. The molecule has 5 nitrogen and oxygen atoms in total. The lowest BCUT2D eigenvalue weighted by Crippen LogP contribution is -2.51. The number of rotatable bonds is 3. The molecule has 0 radical (unpaired) electrons. The van der Waals surface area contributed by atoms with Crippen LogP contribution < -0.4 is 0 Å². The fraction of sp³-hybridized carbons (Fsp3) is 0.533. The van der Waals surface area contributed by atoms with Crippen LogP contribution in [0.25, 0.3) is 0 Å². The van der Waals surface area contributed by atoms with E-state index in [-0.39, 0.29) is 17.0 Å². The van der Waals surface area contributed by atoms with Gasteiger partial charge in [0.25, 0.3) is 0 Å². The number of sulfonamides is 1. The molecule has 0 aliphatic carbocycles. The highest BCUT2D eigenvalue weighted by molar-refractivity contribution is 7.89. The van der Waals surface area contributed by atoms with Crippen LogP contribution in [-0.4, -0.2) is 38.0 Å². The van der Waals surface area contributed by atoms with Crippen LogP contribution in [0, 0.1) is 18.3 Å². The summed E-state index contributed by atoms with van der Waals surface area (Å²) in [6, 6.07) is 6.61. The van der Waals surface area contributed by atoms with Crippen LogP contribution in [0.15, 0.2) is 23.1 Å². The van der Waals surface area contributed by atoms with Gasteiger partial charge >= 0.3 is 0 Å². The second-order valence-electron chi connectivity index (χ2n) is 5.37. The molecule has 21 heavy (non-hydrogen) atoms. The lowest BCUT2D eigenvalue weighted by molar-refractivity contribution is -0.0230. The SMILES string of the molecule is CCC1COC(C)CN1S(=O)(=O)c1cc(C#N)ccc1C. The molecule has 1 aliphatic heterocycles. The summed E-state index contributed by atoms with van der Waals surface area (Å²) in [5.41, 5.74) is 1.01. The van der Waals surface area contributed by atoms with Gasteiger partial charge in [0.2, 0.25) is 10.0 Å². The van der Waals surface area contributed by atoms with E-state index in [0.717, 1.165) is 0 Å². The van der Waals surface area contributed by atoms with E-state index in [1.165, 1.54) is 10.4 Å². The third-order valence-electron chi connectivity index (χ3n) is 3.79.